The Morgan fingerprint density at radius 2 is 2.04 bits per heavy atom. The van der Waals surface area contributed by atoms with Gasteiger partial charge in [-0.2, -0.15) is 0 Å². The van der Waals surface area contributed by atoms with Gasteiger partial charge in [0.15, 0.2) is 17.4 Å². The number of carbonyl (C=O) groups is 3. The van der Waals surface area contributed by atoms with E-state index in [9.17, 15) is 14.4 Å². The number of aliphatic imine (C=N–C) groups is 1. The van der Waals surface area contributed by atoms with Gasteiger partial charge in [-0.05, 0) is 31.0 Å². The highest BCUT2D eigenvalue weighted by Crippen LogP contribution is 2.32. The molecule has 1 atom stereocenters. The van der Waals surface area contributed by atoms with Crippen LogP contribution in [0, 0.1) is 5.92 Å². The lowest BCUT2D eigenvalue weighted by Crippen LogP contribution is -2.59. The van der Waals surface area contributed by atoms with Gasteiger partial charge in [0.2, 0.25) is 18.6 Å². The van der Waals surface area contributed by atoms with E-state index in [0.29, 0.717) is 36.7 Å². The molecule has 0 radical (unpaired) electrons. The number of urea groups is 1. The number of benzene rings is 1. The average molecular weight is 359 g/mol. The SMILES string of the molecule is CCCCN1C(=O)NC(=O)[C@@H](C(C)=NCc2ccc3c(c2)OCO3)C1=O. The molecule has 2 aliphatic heterocycles. The van der Waals surface area contributed by atoms with Crippen molar-refractivity contribution in [1.82, 2.24) is 10.2 Å². The van der Waals surface area contributed by atoms with E-state index < -0.39 is 23.8 Å². The first-order valence-electron chi connectivity index (χ1n) is 8.57. The predicted molar refractivity (Wildman–Crippen MR) is 93.0 cm³/mol. The molecule has 1 aromatic carbocycles. The second-order valence-corrected chi connectivity index (χ2v) is 6.22. The minimum Gasteiger partial charge on any atom is -0.454 e. The molecule has 26 heavy (non-hydrogen) atoms. The summed E-state index contributed by atoms with van der Waals surface area (Å²) in [5.41, 5.74) is 1.25. The van der Waals surface area contributed by atoms with Crippen LogP contribution in [0.3, 0.4) is 0 Å². The van der Waals surface area contributed by atoms with E-state index in [1.807, 2.05) is 19.1 Å². The molecule has 4 amide bonds. The zero-order valence-corrected chi connectivity index (χ0v) is 14.8. The maximum atomic E-state index is 12.6. The largest absolute Gasteiger partial charge is 0.454 e. The molecule has 1 aromatic rings. The van der Waals surface area contributed by atoms with Gasteiger partial charge < -0.3 is 9.47 Å². The minimum atomic E-state index is -1.07. The third-order valence-corrected chi connectivity index (χ3v) is 4.35. The van der Waals surface area contributed by atoms with Crippen LogP contribution in [0.25, 0.3) is 0 Å². The van der Waals surface area contributed by atoms with Gasteiger partial charge in [0, 0.05) is 12.3 Å². The molecule has 2 heterocycles. The van der Waals surface area contributed by atoms with E-state index in [-0.39, 0.29) is 6.79 Å². The molecule has 0 bridgehead atoms. The number of hydrogen-bond donors (Lipinski definition) is 1. The number of unbranched alkanes of at least 4 members (excludes halogenated alkanes) is 1. The molecule has 8 heteroatoms. The Morgan fingerprint density at radius 3 is 2.81 bits per heavy atom. The van der Waals surface area contributed by atoms with Gasteiger partial charge in [-0.3, -0.25) is 24.8 Å². The van der Waals surface area contributed by atoms with Crippen molar-refractivity contribution in [3.63, 3.8) is 0 Å². The van der Waals surface area contributed by atoms with Crippen LogP contribution in [0.5, 0.6) is 11.5 Å². The Kier molecular flexibility index (Phi) is 5.20. The van der Waals surface area contributed by atoms with E-state index in [1.54, 1.807) is 13.0 Å². The van der Waals surface area contributed by atoms with Crippen molar-refractivity contribution >= 4 is 23.6 Å². The number of nitrogens with zero attached hydrogens (tertiary/aromatic N) is 2. The molecule has 138 valence electrons. The molecule has 0 unspecified atom stereocenters. The number of amides is 4. The molecule has 0 aliphatic carbocycles. The van der Waals surface area contributed by atoms with Gasteiger partial charge in [-0.15, -0.1) is 0 Å². The number of carbonyl (C=O) groups excluding carboxylic acids is 3. The summed E-state index contributed by atoms with van der Waals surface area (Å²) >= 11 is 0. The summed E-state index contributed by atoms with van der Waals surface area (Å²) in [4.78, 5) is 42.1. The fourth-order valence-electron chi connectivity index (χ4n) is 2.86. The molecule has 1 saturated heterocycles. The number of imide groups is 2. The first kappa shape index (κ1) is 17.9. The molecule has 0 saturated carbocycles. The van der Waals surface area contributed by atoms with E-state index in [4.69, 9.17) is 9.47 Å². The fourth-order valence-corrected chi connectivity index (χ4v) is 2.86. The van der Waals surface area contributed by atoms with Crippen molar-refractivity contribution < 1.29 is 23.9 Å². The second kappa shape index (κ2) is 7.55. The molecular formula is C18H21N3O5. The summed E-state index contributed by atoms with van der Waals surface area (Å²) in [6, 6.07) is 4.81. The lowest BCUT2D eigenvalue weighted by Gasteiger charge is -2.30. The summed E-state index contributed by atoms with van der Waals surface area (Å²) in [6.45, 7) is 4.37. The van der Waals surface area contributed by atoms with Gasteiger partial charge in [0.1, 0.15) is 0 Å². The molecule has 3 rings (SSSR count). The molecular weight excluding hydrogens is 338 g/mol. The topological polar surface area (TPSA) is 97.3 Å². The van der Waals surface area contributed by atoms with Crippen LogP contribution in [0.15, 0.2) is 23.2 Å². The third kappa shape index (κ3) is 3.54. The molecule has 1 fully saturated rings. The van der Waals surface area contributed by atoms with E-state index >= 15 is 0 Å². The van der Waals surface area contributed by atoms with Crippen molar-refractivity contribution in [3.8, 4) is 11.5 Å². The van der Waals surface area contributed by atoms with Gasteiger partial charge in [-0.25, -0.2) is 4.79 Å². The highest BCUT2D eigenvalue weighted by molar-refractivity contribution is 6.27. The van der Waals surface area contributed by atoms with Crippen molar-refractivity contribution in [2.24, 2.45) is 10.9 Å². The summed E-state index contributed by atoms with van der Waals surface area (Å²) < 4.78 is 10.6. The average Bonchev–Trinajstić information content (AvgIpc) is 3.07. The normalized spacial score (nSPS) is 19.8. The zero-order chi connectivity index (χ0) is 18.7. The molecule has 0 aromatic heterocycles. The number of rotatable bonds is 6. The highest BCUT2D eigenvalue weighted by Gasteiger charge is 2.41. The quantitative estimate of drug-likeness (QED) is 0.618. The van der Waals surface area contributed by atoms with Gasteiger partial charge in [-0.1, -0.05) is 19.4 Å². The van der Waals surface area contributed by atoms with Crippen LogP contribution in [0.1, 0.15) is 32.3 Å². The first-order valence-corrected chi connectivity index (χ1v) is 8.57. The summed E-state index contributed by atoms with van der Waals surface area (Å²) in [5, 5.41) is 2.24. The van der Waals surface area contributed by atoms with E-state index in [2.05, 4.69) is 10.3 Å². The molecule has 8 nitrogen and oxygen atoms in total. The second-order valence-electron chi connectivity index (χ2n) is 6.22. The van der Waals surface area contributed by atoms with Crippen LogP contribution in [0.4, 0.5) is 4.79 Å². The summed E-state index contributed by atoms with van der Waals surface area (Å²) in [5.74, 6) is -0.878. The maximum absolute atomic E-state index is 12.6. The van der Waals surface area contributed by atoms with Crippen molar-refractivity contribution in [2.75, 3.05) is 13.3 Å². The minimum absolute atomic E-state index is 0.194. The number of hydrogen-bond acceptors (Lipinski definition) is 6. The van der Waals surface area contributed by atoms with Crippen LogP contribution in [-0.2, 0) is 16.1 Å². The standard InChI is InChI=1S/C18H21N3O5/c1-3-4-7-21-17(23)15(16(22)20-18(21)24)11(2)19-9-12-5-6-13-14(8-12)26-10-25-13/h5-6,8,15H,3-4,7,9-10H2,1-2H3,(H,20,22,24)/t15-/m1/s1. The predicted octanol–water partition coefficient (Wildman–Crippen LogP) is 1.87. The smallest absolute Gasteiger partial charge is 0.330 e. The van der Waals surface area contributed by atoms with Gasteiger partial charge in [0.25, 0.3) is 0 Å². The van der Waals surface area contributed by atoms with E-state index in [0.717, 1.165) is 16.9 Å². The molecule has 0 spiro atoms. The summed E-state index contributed by atoms with van der Waals surface area (Å²) in [6.07, 6.45) is 1.53. The van der Waals surface area contributed by atoms with Crippen LogP contribution < -0.4 is 14.8 Å². The van der Waals surface area contributed by atoms with Crippen molar-refractivity contribution in [2.45, 2.75) is 33.2 Å². The Bertz CT molecular complexity index is 774. The Balaban J connectivity index is 1.73. The van der Waals surface area contributed by atoms with Crippen molar-refractivity contribution in [3.05, 3.63) is 23.8 Å². The Hall–Kier alpha value is -2.90. The first-order chi connectivity index (χ1) is 12.5. The van der Waals surface area contributed by atoms with Crippen LogP contribution >= 0.6 is 0 Å². The Morgan fingerprint density at radius 1 is 1.27 bits per heavy atom. The van der Waals surface area contributed by atoms with Crippen LogP contribution in [-0.4, -0.2) is 41.8 Å². The molecule has 1 N–H and O–H groups in total. The van der Waals surface area contributed by atoms with Gasteiger partial charge in [0.05, 0.1) is 6.54 Å². The van der Waals surface area contributed by atoms with Crippen molar-refractivity contribution in [1.29, 1.82) is 0 Å². The molecule has 2 aliphatic rings. The van der Waals surface area contributed by atoms with Gasteiger partial charge >= 0.3 is 6.03 Å². The third-order valence-electron chi connectivity index (χ3n) is 4.35. The zero-order valence-electron chi connectivity index (χ0n) is 14.8. The number of fused-ring (bicyclic) bond motifs is 1. The number of nitrogens with one attached hydrogen (secondary N) is 1. The monoisotopic (exact) mass is 359 g/mol. The lowest BCUT2D eigenvalue weighted by atomic mass is 9.99. The lowest BCUT2D eigenvalue weighted by molar-refractivity contribution is -0.139. The number of ether oxygens (including phenoxy) is 2. The maximum Gasteiger partial charge on any atom is 0.330 e. The highest BCUT2D eigenvalue weighted by atomic mass is 16.7. The van der Waals surface area contributed by atoms with Crippen LogP contribution in [0.2, 0.25) is 0 Å². The fraction of sp³-hybridized carbons (Fsp3) is 0.444. The Labute approximate surface area is 151 Å². The summed E-state index contributed by atoms with van der Waals surface area (Å²) in [7, 11) is 0. The number of barbiturate groups is 1. The van der Waals surface area contributed by atoms with E-state index in [1.165, 1.54) is 0 Å².